The molecule has 2 aromatic heterocycles. The van der Waals surface area contributed by atoms with Crippen LogP contribution in [0.3, 0.4) is 0 Å². The van der Waals surface area contributed by atoms with Crippen LogP contribution in [0.5, 0.6) is 0 Å². The van der Waals surface area contributed by atoms with E-state index < -0.39 is 5.97 Å². The van der Waals surface area contributed by atoms with Crippen LogP contribution in [-0.2, 0) is 11.2 Å². The van der Waals surface area contributed by atoms with Crippen molar-refractivity contribution in [3.63, 3.8) is 0 Å². The van der Waals surface area contributed by atoms with Crippen molar-refractivity contribution < 1.29 is 14.4 Å². The fraction of sp³-hybridized carbons (Fsp3) is 0.100. The van der Waals surface area contributed by atoms with Crippen molar-refractivity contribution in [3.05, 3.63) is 36.4 Å². The molecule has 0 saturated carbocycles. The van der Waals surface area contributed by atoms with Crippen molar-refractivity contribution in [2.75, 3.05) is 0 Å². The summed E-state index contributed by atoms with van der Waals surface area (Å²) in [7, 11) is 0. The van der Waals surface area contributed by atoms with Crippen molar-refractivity contribution in [3.8, 4) is 11.3 Å². The Hall–Kier alpha value is -2.17. The Kier molecular flexibility index (Phi) is 2.45. The summed E-state index contributed by atoms with van der Waals surface area (Å²) in [5, 5.41) is 12.5. The summed E-state index contributed by atoms with van der Waals surface area (Å²) in [6.07, 6.45) is 4.49. The number of hydrogen-bond acceptors (Lipinski definition) is 4. The number of carboxylic acids is 1. The van der Waals surface area contributed by atoms with E-state index in [0.29, 0.717) is 11.3 Å². The van der Waals surface area contributed by atoms with E-state index >= 15 is 0 Å². The third-order valence-electron chi connectivity index (χ3n) is 1.96. The van der Waals surface area contributed by atoms with Crippen LogP contribution in [0, 0.1) is 0 Å². The van der Waals surface area contributed by atoms with Crippen molar-refractivity contribution in [1.29, 1.82) is 0 Å². The van der Waals surface area contributed by atoms with Gasteiger partial charge in [0.15, 0.2) is 0 Å². The lowest BCUT2D eigenvalue weighted by Crippen LogP contribution is -2.02. The van der Waals surface area contributed by atoms with E-state index in [1.54, 1.807) is 18.3 Å². The maximum atomic E-state index is 10.6. The lowest BCUT2D eigenvalue weighted by Gasteiger charge is -2.02. The van der Waals surface area contributed by atoms with Gasteiger partial charge in [-0.05, 0) is 11.6 Å². The maximum Gasteiger partial charge on any atom is 0.307 e. The minimum absolute atomic E-state index is 0.0734. The quantitative estimate of drug-likeness (QED) is 0.816. The Morgan fingerprint density at radius 2 is 2.33 bits per heavy atom. The van der Waals surface area contributed by atoms with E-state index in [-0.39, 0.29) is 6.42 Å². The molecule has 2 aromatic rings. The molecule has 0 aromatic carbocycles. The van der Waals surface area contributed by atoms with Gasteiger partial charge in [-0.2, -0.15) is 0 Å². The molecule has 0 fully saturated rings. The highest BCUT2D eigenvalue weighted by Gasteiger charge is 2.10. The fourth-order valence-electron chi connectivity index (χ4n) is 1.33. The molecule has 1 N–H and O–H groups in total. The van der Waals surface area contributed by atoms with Crippen LogP contribution in [0.2, 0.25) is 0 Å². The number of hydrogen-bond donors (Lipinski definition) is 1. The molecule has 2 heterocycles. The molecular formula is C10H8N2O3. The van der Waals surface area contributed by atoms with Gasteiger partial charge in [-0.3, -0.25) is 9.78 Å². The molecular weight excluding hydrogens is 196 g/mol. The van der Waals surface area contributed by atoms with Gasteiger partial charge in [-0.25, -0.2) is 0 Å². The van der Waals surface area contributed by atoms with Gasteiger partial charge in [-0.15, -0.1) is 0 Å². The van der Waals surface area contributed by atoms with Gasteiger partial charge < -0.3 is 9.63 Å². The zero-order valence-electron chi connectivity index (χ0n) is 7.75. The first-order valence-electron chi connectivity index (χ1n) is 4.33. The zero-order chi connectivity index (χ0) is 10.7. The van der Waals surface area contributed by atoms with E-state index in [2.05, 4.69) is 10.1 Å². The summed E-state index contributed by atoms with van der Waals surface area (Å²) in [4.78, 5) is 14.5. The summed E-state index contributed by atoms with van der Waals surface area (Å²) in [5.41, 5.74) is 1.98. The molecule has 15 heavy (non-hydrogen) atoms. The highest BCUT2D eigenvalue weighted by molar-refractivity contribution is 5.74. The van der Waals surface area contributed by atoms with E-state index in [4.69, 9.17) is 9.63 Å². The summed E-state index contributed by atoms with van der Waals surface area (Å²) < 4.78 is 4.71. The number of aliphatic carboxylic acids is 1. The first kappa shape index (κ1) is 9.39. The lowest BCUT2D eigenvalue weighted by molar-refractivity contribution is -0.136. The molecule has 5 heteroatoms. The number of nitrogens with zero attached hydrogens (tertiary/aromatic N) is 2. The standard InChI is InChI=1S/C10H8N2O3/c13-10(14)5-7-6-11-3-1-8(7)9-2-4-15-12-9/h1-4,6H,5H2,(H,13,14). The maximum absolute atomic E-state index is 10.6. The smallest absolute Gasteiger partial charge is 0.307 e. The number of rotatable bonds is 3. The zero-order valence-corrected chi connectivity index (χ0v) is 7.75. The van der Waals surface area contributed by atoms with E-state index in [0.717, 1.165) is 5.56 Å². The Labute approximate surface area is 85.4 Å². The topological polar surface area (TPSA) is 76.2 Å². The largest absolute Gasteiger partial charge is 0.481 e. The van der Waals surface area contributed by atoms with Crippen molar-refractivity contribution in [2.45, 2.75) is 6.42 Å². The molecule has 0 atom stereocenters. The van der Waals surface area contributed by atoms with Crippen LogP contribution in [0.25, 0.3) is 11.3 Å². The van der Waals surface area contributed by atoms with Crippen molar-refractivity contribution in [1.82, 2.24) is 10.1 Å². The lowest BCUT2D eigenvalue weighted by atomic mass is 10.1. The molecule has 0 amide bonds. The van der Waals surface area contributed by atoms with Crippen LogP contribution in [0.1, 0.15) is 5.56 Å². The molecule has 0 saturated heterocycles. The second-order valence-corrected chi connectivity index (χ2v) is 2.99. The Bertz CT molecular complexity index is 465. The van der Waals surface area contributed by atoms with Crippen LogP contribution < -0.4 is 0 Å². The Morgan fingerprint density at radius 3 is 3.00 bits per heavy atom. The first-order valence-corrected chi connectivity index (χ1v) is 4.33. The third kappa shape index (κ3) is 2.01. The molecule has 76 valence electrons. The second-order valence-electron chi connectivity index (χ2n) is 2.99. The highest BCUT2D eigenvalue weighted by Crippen LogP contribution is 2.21. The molecule has 0 unspecified atom stereocenters. The van der Waals surface area contributed by atoms with E-state index in [9.17, 15) is 4.79 Å². The number of aromatic nitrogens is 2. The van der Waals surface area contributed by atoms with Gasteiger partial charge in [0.1, 0.15) is 12.0 Å². The second kappa shape index (κ2) is 3.91. The predicted molar refractivity (Wildman–Crippen MR) is 51.1 cm³/mol. The van der Waals surface area contributed by atoms with Crippen molar-refractivity contribution in [2.24, 2.45) is 0 Å². The van der Waals surface area contributed by atoms with Crippen LogP contribution in [0.4, 0.5) is 0 Å². The summed E-state index contributed by atoms with van der Waals surface area (Å²) in [6, 6.07) is 3.40. The Balaban J connectivity index is 2.42. The molecule has 0 aliphatic carbocycles. The minimum atomic E-state index is -0.896. The predicted octanol–water partition coefficient (Wildman–Crippen LogP) is 1.36. The number of pyridine rings is 1. The van der Waals surface area contributed by atoms with Gasteiger partial charge >= 0.3 is 5.97 Å². The monoisotopic (exact) mass is 204 g/mol. The summed E-state index contributed by atoms with van der Waals surface area (Å²) in [5.74, 6) is -0.896. The van der Waals surface area contributed by atoms with Crippen molar-refractivity contribution >= 4 is 5.97 Å². The van der Waals surface area contributed by atoms with Crippen LogP contribution in [-0.4, -0.2) is 21.2 Å². The average Bonchev–Trinajstić information content (AvgIpc) is 2.70. The van der Waals surface area contributed by atoms with Gasteiger partial charge in [0, 0.05) is 24.0 Å². The van der Waals surface area contributed by atoms with Gasteiger partial charge in [0.05, 0.1) is 6.42 Å². The minimum Gasteiger partial charge on any atom is -0.481 e. The fourth-order valence-corrected chi connectivity index (χ4v) is 1.33. The average molecular weight is 204 g/mol. The number of carboxylic acid groups (broad SMARTS) is 1. The molecule has 0 spiro atoms. The normalized spacial score (nSPS) is 10.1. The van der Waals surface area contributed by atoms with Crippen LogP contribution >= 0.6 is 0 Å². The number of carbonyl (C=O) groups is 1. The molecule has 0 radical (unpaired) electrons. The van der Waals surface area contributed by atoms with E-state index in [1.807, 2.05) is 0 Å². The molecule has 0 aliphatic rings. The SMILES string of the molecule is O=C(O)Cc1cnccc1-c1ccon1. The molecule has 5 nitrogen and oxygen atoms in total. The molecule has 0 bridgehead atoms. The Morgan fingerprint density at radius 1 is 1.47 bits per heavy atom. The molecule has 2 rings (SSSR count). The highest BCUT2D eigenvalue weighted by atomic mass is 16.5. The molecule has 0 aliphatic heterocycles. The van der Waals surface area contributed by atoms with E-state index in [1.165, 1.54) is 12.5 Å². The van der Waals surface area contributed by atoms with Crippen LogP contribution in [0.15, 0.2) is 35.3 Å². The summed E-state index contributed by atoms with van der Waals surface area (Å²) in [6.45, 7) is 0. The van der Waals surface area contributed by atoms with Gasteiger partial charge in [0.2, 0.25) is 0 Å². The first-order chi connectivity index (χ1) is 7.27. The summed E-state index contributed by atoms with van der Waals surface area (Å²) >= 11 is 0. The van der Waals surface area contributed by atoms with Gasteiger partial charge in [-0.1, -0.05) is 5.16 Å². The van der Waals surface area contributed by atoms with Gasteiger partial charge in [0.25, 0.3) is 0 Å². The third-order valence-corrected chi connectivity index (χ3v) is 1.96.